The van der Waals surface area contributed by atoms with E-state index >= 15 is 0 Å². The minimum absolute atomic E-state index is 0.0955. The zero-order valence-electron chi connectivity index (χ0n) is 7.97. The van der Waals surface area contributed by atoms with Gasteiger partial charge in [0.15, 0.2) is 9.84 Å². The number of nitrogens with one attached hydrogen (secondary N) is 1. The second kappa shape index (κ2) is 3.36. The SMILES string of the molecule is CNCc1cn(C2CS(=O)(=O)C2)cn1. The third kappa shape index (κ3) is 1.80. The van der Waals surface area contributed by atoms with Crippen molar-refractivity contribution in [2.24, 2.45) is 0 Å². The maximum absolute atomic E-state index is 11.0. The van der Waals surface area contributed by atoms with E-state index in [2.05, 4.69) is 10.3 Å². The largest absolute Gasteiger partial charge is 0.332 e. The summed E-state index contributed by atoms with van der Waals surface area (Å²) in [5, 5.41) is 2.99. The first-order valence-electron chi connectivity index (χ1n) is 4.48. The third-order valence-electron chi connectivity index (χ3n) is 2.33. The predicted molar refractivity (Wildman–Crippen MR) is 52.7 cm³/mol. The molecule has 1 aliphatic heterocycles. The molecule has 14 heavy (non-hydrogen) atoms. The highest BCUT2D eigenvalue weighted by molar-refractivity contribution is 7.92. The molecule has 1 saturated heterocycles. The topological polar surface area (TPSA) is 64.0 Å². The molecule has 78 valence electrons. The normalized spacial score (nSPS) is 20.6. The average Bonchev–Trinajstić information content (AvgIpc) is 2.49. The number of imidazole rings is 1. The maximum Gasteiger partial charge on any atom is 0.154 e. The van der Waals surface area contributed by atoms with E-state index in [-0.39, 0.29) is 17.5 Å². The van der Waals surface area contributed by atoms with Crippen LogP contribution >= 0.6 is 0 Å². The van der Waals surface area contributed by atoms with Gasteiger partial charge in [-0.05, 0) is 7.05 Å². The van der Waals surface area contributed by atoms with Crippen molar-refractivity contribution in [2.75, 3.05) is 18.6 Å². The summed E-state index contributed by atoms with van der Waals surface area (Å²) in [4.78, 5) is 4.16. The molecule has 0 aromatic carbocycles. The molecule has 0 amide bonds. The monoisotopic (exact) mass is 215 g/mol. The summed E-state index contributed by atoms with van der Waals surface area (Å²) < 4.78 is 23.8. The van der Waals surface area contributed by atoms with Gasteiger partial charge in [-0.1, -0.05) is 0 Å². The van der Waals surface area contributed by atoms with E-state index in [1.807, 2.05) is 17.8 Å². The van der Waals surface area contributed by atoms with Crippen LogP contribution in [0.25, 0.3) is 0 Å². The molecule has 0 saturated carbocycles. The molecule has 0 bridgehead atoms. The first-order chi connectivity index (χ1) is 6.61. The van der Waals surface area contributed by atoms with Crippen molar-refractivity contribution >= 4 is 9.84 Å². The minimum atomic E-state index is -2.75. The van der Waals surface area contributed by atoms with E-state index < -0.39 is 9.84 Å². The summed E-state index contributed by atoms with van der Waals surface area (Å²) in [6.07, 6.45) is 3.60. The number of nitrogens with zero attached hydrogens (tertiary/aromatic N) is 2. The molecule has 0 radical (unpaired) electrons. The van der Waals surface area contributed by atoms with Crippen LogP contribution in [0.4, 0.5) is 0 Å². The Hall–Kier alpha value is -0.880. The maximum atomic E-state index is 11.0. The van der Waals surface area contributed by atoms with Crippen molar-refractivity contribution in [1.29, 1.82) is 0 Å². The molecule has 2 heterocycles. The molecule has 5 nitrogen and oxygen atoms in total. The van der Waals surface area contributed by atoms with Crippen molar-refractivity contribution < 1.29 is 8.42 Å². The Bertz CT molecular complexity index is 412. The predicted octanol–water partition coefficient (Wildman–Crippen LogP) is -0.428. The second-order valence-electron chi connectivity index (χ2n) is 3.57. The second-order valence-corrected chi connectivity index (χ2v) is 5.73. The highest BCUT2D eigenvalue weighted by Gasteiger charge is 2.34. The fraction of sp³-hybridized carbons (Fsp3) is 0.625. The van der Waals surface area contributed by atoms with Crippen molar-refractivity contribution in [3.05, 3.63) is 18.2 Å². The molecule has 1 aromatic rings. The molecule has 1 aliphatic rings. The van der Waals surface area contributed by atoms with E-state index in [1.54, 1.807) is 6.33 Å². The van der Waals surface area contributed by atoms with Crippen LogP contribution in [0.5, 0.6) is 0 Å². The van der Waals surface area contributed by atoms with Crippen LogP contribution in [-0.4, -0.2) is 36.5 Å². The summed E-state index contributed by atoms with van der Waals surface area (Å²) in [5.74, 6) is 0.505. The van der Waals surface area contributed by atoms with Gasteiger partial charge < -0.3 is 9.88 Å². The molecule has 0 aliphatic carbocycles. The molecule has 1 aromatic heterocycles. The Morgan fingerprint density at radius 2 is 2.36 bits per heavy atom. The van der Waals surface area contributed by atoms with E-state index in [0.29, 0.717) is 6.54 Å². The summed E-state index contributed by atoms with van der Waals surface area (Å²) >= 11 is 0. The first-order valence-corrected chi connectivity index (χ1v) is 6.30. The molecule has 1 fully saturated rings. The number of aromatic nitrogens is 2. The van der Waals surface area contributed by atoms with Crippen molar-refractivity contribution in [3.8, 4) is 0 Å². The number of hydrogen-bond acceptors (Lipinski definition) is 4. The van der Waals surface area contributed by atoms with Gasteiger partial charge in [0, 0.05) is 12.7 Å². The van der Waals surface area contributed by atoms with Gasteiger partial charge in [0.1, 0.15) is 0 Å². The van der Waals surface area contributed by atoms with Gasteiger partial charge in [0.05, 0.1) is 29.6 Å². The lowest BCUT2D eigenvalue weighted by Gasteiger charge is -2.26. The summed E-state index contributed by atoms with van der Waals surface area (Å²) in [6, 6.07) is 0.0955. The standard InChI is InChI=1S/C8H13N3O2S/c1-9-2-7-3-11(6-10-7)8-4-14(12,13)5-8/h3,6,8-9H,2,4-5H2,1H3. The fourth-order valence-electron chi connectivity index (χ4n) is 1.56. The van der Waals surface area contributed by atoms with Gasteiger partial charge in [-0.3, -0.25) is 0 Å². The van der Waals surface area contributed by atoms with Gasteiger partial charge >= 0.3 is 0 Å². The highest BCUT2D eigenvalue weighted by atomic mass is 32.2. The summed E-state index contributed by atoms with van der Waals surface area (Å²) in [5.41, 5.74) is 0.941. The van der Waals surface area contributed by atoms with Crippen molar-refractivity contribution in [2.45, 2.75) is 12.6 Å². The van der Waals surface area contributed by atoms with Gasteiger partial charge in [-0.25, -0.2) is 13.4 Å². The fourth-order valence-corrected chi connectivity index (χ4v) is 2.98. The molecular formula is C8H13N3O2S. The Labute approximate surface area is 83.1 Å². The van der Waals surface area contributed by atoms with Gasteiger partial charge in [0.25, 0.3) is 0 Å². The number of rotatable bonds is 3. The highest BCUT2D eigenvalue weighted by Crippen LogP contribution is 2.23. The quantitative estimate of drug-likeness (QED) is 0.743. The number of sulfone groups is 1. The van der Waals surface area contributed by atoms with Crippen LogP contribution in [0.15, 0.2) is 12.5 Å². The zero-order valence-corrected chi connectivity index (χ0v) is 8.79. The Kier molecular flexibility index (Phi) is 2.32. The van der Waals surface area contributed by atoms with E-state index in [4.69, 9.17) is 0 Å². The van der Waals surface area contributed by atoms with Crippen LogP contribution in [0.3, 0.4) is 0 Å². The van der Waals surface area contributed by atoms with Crippen LogP contribution in [0, 0.1) is 0 Å². The third-order valence-corrected chi connectivity index (χ3v) is 4.11. The molecule has 1 N–H and O–H groups in total. The van der Waals surface area contributed by atoms with Crippen molar-refractivity contribution in [3.63, 3.8) is 0 Å². The van der Waals surface area contributed by atoms with E-state index in [9.17, 15) is 8.42 Å². The lowest BCUT2D eigenvalue weighted by atomic mass is 10.3. The van der Waals surface area contributed by atoms with Crippen LogP contribution < -0.4 is 5.32 Å². The molecule has 0 unspecified atom stereocenters. The molecule has 0 spiro atoms. The Morgan fingerprint density at radius 1 is 1.64 bits per heavy atom. The Morgan fingerprint density at radius 3 is 2.93 bits per heavy atom. The van der Waals surface area contributed by atoms with Crippen LogP contribution in [0.2, 0.25) is 0 Å². The first kappa shape index (κ1) is 9.67. The molecule has 2 rings (SSSR count). The average molecular weight is 215 g/mol. The molecular weight excluding hydrogens is 202 g/mol. The van der Waals surface area contributed by atoms with Crippen LogP contribution in [0.1, 0.15) is 11.7 Å². The van der Waals surface area contributed by atoms with Crippen molar-refractivity contribution in [1.82, 2.24) is 14.9 Å². The molecule has 6 heteroatoms. The van der Waals surface area contributed by atoms with E-state index in [1.165, 1.54) is 0 Å². The van der Waals surface area contributed by atoms with Crippen LogP contribution in [-0.2, 0) is 16.4 Å². The van der Waals surface area contributed by atoms with Gasteiger partial charge in [0.2, 0.25) is 0 Å². The smallest absolute Gasteiger partial charge is 0.154 e. The molecule has 0 atom stereocenters. The van der Waals surface area contributed by atoms with Gasteiger partial charge in [-0.2, -0.15) is 0 Å². The zero-order chi connectivity index (χ0) is 10.2. The minimum Gasteiger partial charge on any atom is -0.332 e. The lowest BCUT2D eigenvalue weighted by molar-refractivity contribution is 0.506. The lowest BCUT2D eigenvalue weighted by Crippen LogP contribution is -2.37. The van der Waals surface area contributed by atoms with E-state index in [0.717, 1.165) is 5.69 Å². The summed E-state index contributed by atoms with van der Waals surface area (Å²) in [6.45, 7) is 0.715. The number of hydrogen-bond donors (Lipinski definition) is 1. The van der Waals surface area contributed by atoms with Gasteiger partial charge in [-0.15, -0.1) is 0 Å². The Balaban J connectivity index is 2.04. The summed E-state index contributed by atoms with van der Waals surface area (Å²) in [7, 11) is -0.892.